The van der Waals surface area contributed by atoms with E-state index < -0.39 is 0 Å². The van der Waals surface area contributed by atoms with Crippen molar-refractivity contribution in [1.29, 1.82) is 0 Å². The maximum absolute atomic E-state index is 4.00. The minimum Gasteiger partial charge on any atom is -0.308 e. The number of nitrogens with one attached hydrogen (secondary N) is 1. The van der Waals surface area contributed by atoms with Crippen molar-refractivity contribution in [2.24, 2.45) is 5.92 Å². The van der Waals surface area contributed by atoms with Crippen LogP contribution in [0.2, 0.25) is 0 Å². The Hall–Kier alpha value is -0.0800. The van der Waals surface area contributed by atoms with Crippen LogP contribution < -0.4 is 5.32 Å². The molecule has 122 valence electrons. The number of nitrogens with zero attached hydrogens (tertiary/aromatic N) is 1. The zero-order valence-corrected chi connectivity index (χ0v) is 14.4. The smallest absolute Gasteiger partial charge is 0.0309 e. The van der Waals surface area contributed by atoms with Crippen molar-refractivity contribution in [3.05, 3.63) is 0 Å². The molecule has 1 spiro atoms. The van der Waals surface area contributed by atoms with E-state index in [1.165, 1.54) is 83.7 Å². The third kappa shape index (κ3) is 3.47. The molecule has 2 unspecified atom stereocenters. The minimum atomic E-state index is 0.482. The lowest BCUT2D eigenvalue weighted by Gasteiger charge is -2.51. The van der Waals surface area contributed by atoms with E-state index in [0.717, 1.165) is 18.0 Å². The molecule has 1 aliphatic heterocycles. The van der Waals surface area contributed by atoms with Crippen molar-refractivity contribution in [3.63, 3.8) is 0 Å². The molecular weight excluding hydrogens is 256 g/mol. The quantitative estimate of drug-likeness (QED) is 0.778. The molecule has 2 saturated carbocycles. The molecule has 0 radical (unpaired) electrons. The first-order valence-electron chi connectivity index (χ1n) is 9.75. The average molecular weight is 293 g/mol. The van der Waals surface area contributed by atoms with Crippen LogP contribution in [-0.2, 0) is 0 Å². The van der Waals surface area contributed by atoms with Crippen LogP contribution in [0.15, 0.2) is 0 Å². The second-order valence-electron chi connectivity index (χ2n) is 8.14. The van der Waals surface area contributed by atoms with Gasteiger partial charge in [0.2, 0.25) is 0 Å². The fourth-order valence-corrected chi connectivity index (χ4v) is 5.14. The lowest BCUT2D eigenvalue weighted by atomic mass is 9.85. The summed E-state index contributed by atoms with van der Waals surface area (Å²) in [5.41, 5.74) is 0.482. The van der Waals surface area contributed by atoms with Gasteiger partial charge in [0, 0.05) is 30.7 Å². The number of hydrogen-bond acceptors (Lipinski definition) is 2. The van der Waals surface area contributed by atoms with Crippen molar-refractivity contribution in [1.82, 2.24) is 10.2 Å². The van der Waals surface area contributed by atoms with Gasteiger partial charge in [0.05, 0.1) is 0 Å². The maximum Gasteiger partial charge on any atom is 0.0309 e. The van der Waals surface area contributed by atoms with E-state index in [-0.39, 0.29) is 0 Å². The molecule has 2 nitrogen and oxygen atoms in total. The molecule has 0 amide bonds. The van der Waals surface area contributed by atoms with Crippen LogP contribution >= 0.6 is 0 Å². The molecule has 2 atom stereocenters. The largest absolute Gasteiger partial charge is 0.308 e. The number of hydrogen-bond donors (Lipinski definition) is 1. The monoisotopic (exact) mass is 292 g/mol. The summed E-state index contributed by atoms with van der Waals surface area (Å²) >= 11 is 0. The van der Waals surface area contributed by atoms with Crippen molar-refractivity contribution in [2.45, 2.75) is 102 Å². The van der Waals surface area contributed by atoms with Gasteiger partial charge in [-0.3, -0.25) is 4.90 Å². The van der Waals surface area contributed by atoms with E-state index in [0.29, 0.717) is 5.54 Å². The van der Waals surface area contributed by atoms with Crippen LogP contribution in [0.4, 0.5) is 0 Å². The molecule has 1 saturated heterocycles. The van der Waals surface area contributed by atoms with E-state index in [1.54, 1.807) is 0 Å². The Morgan fingerprint density at radius 3 is 2.33 bits per heavy atom. The average Bonchev–Trinajstić information content (AvgIpc) is 2.79. The van der Waals surface area contributed by atoms with E-state index in [1.807, 2.05) is 0 Å². The minimum absolute atomic E-state index is 0.482. The number of piperazine rings is 1. The van der Waals surface area contributed by atoms with Crippen LogP contribution in [0.3, 0.4) is 0 Å². The van der Waals surface area contributed by atoms with Gasteiger partial charge in [-0.1, -0.05) is 58.8 Å². The van der Waals surface area contributed by atoms with Crippen molar-refractivity contribution in [3.8, 4) is 0 Å². The predicted molar refractivity (Wildman–Crippen MR) is 90.6 cm³/mol. The van der Waals surface area contributed by atoms with Crippen LogP contribution in [0.25, 0.3) is 0 Å². The van der Waals surface area contributed by atoms with Crippen molar-refractivity contribution >= 4 is 0 Å². The Morgan fingerprint density at radius 2 is 1.71 bits per heavy atom. The highest BCUT2D eigenvalue weighted by atomic mass is 15.3. The van der Waals surface area contributed by atoms with Crippen LogP contribution in [0, 0.1) is 5.92 Å². The first kappa shape index (κ1) is 15.8. The second kappa shape index (κ2) is 7.00. The highest BCUT2D eigenvalue weighted by molar-refractivity contribution is 5.03. The van der Waals surface area contributed by atoms with Gasteiger partial charge >= 0.3 is 0 Å². The number of rotatable bonds is 3. The van der Waals surface area contributed by atoms with Gasteiger partial charge in [0.15, 0.2) is 0 Å². The zero-order chi connectivity index (χ0) is 14.7. The van der Waals surface area contributed by atoms with E-state index in [4.69, 9.17) is 0 Å². The summed E-state index contributed by atoms with van der Waals surface area (Å²) in [6.45, 7) is 7.43. The Morgan fingerprint density at radius 1 is 1.05 bits per heavy atom. The Labute approximate surface area is 132 Å². The first-order chi connectivity index (χ1) is 10.2. The molecule has 2 aliphatic carbocycles. The standard InChI is InChI=1S/C19H36N2/c1-3-16(2)18-14-20-19(12-8-9-13-19)15-21(18)17-10-6-4-5-7-11-17/h16-18,20H,3-15H2,1-2H3. The first-order valence-corrected chi connectivity index (χ1v) is 9.75. The van der Waals surface area contributed by atoms with E-state index in [2.05, 4.69) is 24.1 Å². The molecule has 0 bridgehead atoms. The molecule has 1 heterocycles. The van der Waals surface area contributed by atoms with Gasteiger partial charge in [0.1, 0.15) is 0 Å². The molecule has 3 rings (SSSR count). The molecule has 0 aromatic carbocycles. The van der Waals surface area contributed by atoms with E-state index in [9.17, 15) is 0 Å². The fourth-order valence-electron chi connectivity index (χ4n) is 5.14. The Kier molecular flexibility index (Phi) is 5.27. The second-order valence-corrected chi connectivity index (χ2v) is 8.14. The topological polar surface area (TPSA) is 15.3 Å². The van der Waals surface area contributed by atoms with Gasteiger partial charge in [-0.2, -0.15) is 0 Å². The van der Waals surface area contributed by atoms with Gasteiger partial charge < -0.3 is 5.32 Å². The maximum atomic E-state index is 4.00. The highest BCUT2D eigenvalue weighted by Gasteiger charge is 2.44. The Bertz CT molecular complexity index is 314. The zero-order valence-electron chi connectivity index (χ0n) is 14.4. The molecule has 0 aromatic rings. The van der Waals surface area contributed by atoms with Crippen LogP contribution in [-0.4, -0.2) is 35.6 Å². The molecule has 3 fully saturated rings. The van der Waals surface area contributed by atoms with Gasteiger partial charge in [-0.05, 0) is 31.6 Å². The molecular formula is C19H36N2. The lowest BCUT2D eigenvalue weighted by molar-refractivity contribution is 0.0124. The van der Waals surface area contributed by atoms with Crippen molar-refractivity contribution in [2.75, 3.05) is 13.1 Å². The third-order valence-electron chi connectivity index (χ3n) is 6.75. The van der Waals surface area contributed by atoms with Gasteiger partial charge in [0.25, 0.3) is 0 Å². The summed E-state index contributed by atoms with van der Waals surface area (Å²) in [4.78, 5) is 2.99. The molecule has 2 heteroatoms. The van der Waals surface area contributed by atoms with E-state index >= 15 is 0 Å². The van der Waals surface area contributed by atoms with Gasteiger partial charge in [-0.15, -0.1) is 0 Å². The summed E-state index contributed by atoms with van der Waals surface area (Å²) in [5, 5.41) is 4.00. The SMILES string of the molecule is CCC(C)C1CNC2(CCCC2)CN1C1CCCCCC1. The Balaban J connectivity index is 1.74. The summed E-state index contributed by atoms with van der Waals surface area (Å²) < 4.78 is 0. The molecule has 0 aromatic heterocycles. The summed E-state index contributed by atoms with van der Waals surface area (Å²) in [5.74, 6) is 0.833. The highest BCUT2D eigenvalue weighted by Crippen LogP contribution is 2.37. The summed E-state index contributed by atoms with van der Waals surface area (Å²) in [6.07, 6.45) is 15.9. The molecule has 1 N–H and O–H groups in total. The van der Waals surface area contributed by atoms with Crippen LogP contribution in [0.1, 0.15) is 84.5 Å². The lowest BCUT2D eigenvalue weighted by Crippen LogP contribution is -2.66. The molecule has 3 aliphatic rings. The third-order valence-corrected chi connectivity index (χ3v) is 6.75. The molecule has 21 heavy (non-hydrogen) atoms. The summed E-state index contributed by atoms with van der Waals surface area (Å²) in [6, 6.07) is 1.66. The van der Waals surface area contributed by atoms with Crippen LogP contribution in [0.5, 0.6) is 0 Å². The normalized spacial score (nSPS) is 33.1. The van der Waals surface area contributed by atoms with Gasteiger partial charge in [-0.25, -0.2) is 0 Å². The fraction of sp³-hybridized carbons (Fsp3) is 1.00. The predicted octanol–water partition coefficient (Wildman–Crippen LogP) is 4.34. The van der Waals surface area contributed by atoms with Crippen molar-refractivity contribution < 1.29 is 0 Å². The summed E-state index contributed by atoms with van der Waals surface area (Å²) in [7, 11) is 0.